The van der Waals surface area contributed by atoms with Crippen LogP contribution in [0.3, 0.4) is 0 Å². The van der Waals surface area contributed by atoms with Crippen LogP contribution >= 0.6 is 0 Å². The summed E-state index contributed by atoms with van der Waals surface area (Å²) in [5, 5.41) is 9.28. The van der Waals surface area contributed by atoms with Gasteiger partial charge in [-0.2, -0.15) is 0 Å². The summed E-state index contributed by atoms with van der Waals surface area (Å²) in [6, 6.07) is 7.45. The monoisotopic (exact) mass is 250 g/mol. The number of phenolic OH excluding ortho intramolecular Hbond substituents is 1. The Bertz CT molecular complexity index is 345. The Morgan fingerprint density at radius 2 is 1.78 bits per heavy atom. The summed E-state index contributed by atoms with van der Waals surface area (Å²) in [4.78, 5) is 4.79. The lowest BCUT2D eigenvalue weighted by atomic mass is 10.2. The number of ether oxygens (including phenoxy) is 1. The maximum Gasteiger partial charge on any atom is 0.115 e. The van der Waals surface area contributed by atoms with E-state index in [4.69, 9.17) is 4.74 Å². The minimum absolute atomic E-state index is 0.328. The topological polar surface area (TPSA) is 35.9 Å². The number of piperazine rings is 1. The average Bonchev–Trinajstić information content (AvgIpc) is 2.41. The molecule has 1 aromatic rings. The highest BCUT2D eigenvalue weighted by atomic mass is 16.5. The van der Waals surface area contributed by atoms with E-state index in [0.29, 0.717) is 5.75 Å². The first-order valence-corrected chi connectivity index (χ1v) is 6.63. The maximum absolute atomic E-state index is 9.28. The summed E-state index contributed by atoms with van der Waals surface area (Å²) in [6.07, 6.45) is 0. The third-order valence-electron chi connectivity index (χ3n) is 3.34. The van der Waals surface area contributed by atoms with Gasteiger partial charge >= 0.3 is 0 Å². The first-order chi connectivity index (χ1) is 8.79. The van der Waals surface area contributed by atoms with Crippen molar-refractivity contribution in [3.05, 3.63) is 24.3 Å². The molecule has 0 unspecified atom stereocenters. The second-order valence-electron chi connectivity index (χ2n) is 4.54. The van der Waals surface area contributed by atoms with Crippen LogP contribution in [-0.2, 0) is 4.74 Å². The number of hydrogen-bond acceptors (Lipinski definition) is 4. The molecule has 1 aliphatic heterocycles. The predicted molar refractivity (Wildman–Crippen MR) is 73.3 cm³/mol. The first-order valence-electron chi connectivity index (χ1n) is 6.63. The molecule has 0 bridgehead atoms. The molecule has 0 aromatic heterocycles. The van der Waals surface area contributed by atoms with Gasteiger partial charge in [-0.25, -0.2) is 0 Å². The van der Waals surface area contributed by atoms with Crippen molar-refractivity contribution in [2.75, 3.05) is 50.8 Å². The molecular weight excluding hydrogens is 228 g/mol. The molecule has 0 spiro atoms. The van der Waals surface area contributed by atoms with Crippen molar-refractivity contribution in [3.8, 4) is 5.75 Å². The Hall–Kier alpha value is -1.26. The van der Waals surface area contributed by atoms with Gasteiger partial charge in [-0.1, -0.05) is 0 Å². The molecule has 0 saturated carbocycles. The van der Waals surface area contributed by atoms with Crippen molar-refractivity contribution in [1.82, 2.24) is 4.90 Å². The van der Waals surface area contributed by atoms with E-state index in [-0.39, 0.29) is 0 Å². The largest absolute Gasteiger partial charge is 0.508 e. The zero-order valence-electron chi connectivity index (χ0n) is 11.0. The lowest BCUT2D eigenvalue weighted by Gasteiger charge is -2.36. The van der Waals surface area contributed by atoms with Crippen LogP contribution in [0, 0.1) is 0 Å². The van der Waals surface area contributed by atoms with Crippen molar-refractivity contribution in [3.63, 3.8) is 0 Å². The highest BCUT2D eigenvalue weighted by molar-refractivity contribution is 5.49. The Morgan fingerprint density at radius 1 is 1.11 bits per heavy atom. The van der Waals surface area contributed by atoms with Crippen LogP contribution in [-0.4, -0.2) is 55.9 Å². The SMILES string of the molecule is CCOCCN1CCN(c2ccc(O)cc2)CC1. The number of nitrogens with zero attached hydrogens (tertiary/aromatic N) is 2. The fraction of sp³-hybridized carbons (Fsp3) is 0.571. The Morgan fingerprint density at radius 3 is 2.39 bits per heavy atom. The third kappa shape index (κ3) is 3.62. The Kier molecular flexibility index (Phi) is 4.84. The highest BCUT2D eigenvalue weighted by Crippen LogP contribution is 2.19. The van der Waals surface area contributed by atoms with Crippen LogP contribution in [0.2, 0.25) is 0 Å². The molecule has 0 radical (unpaired) electrons. The van der Waals surface area contributed by atoms with E-state index < -0.39 is 0 Å². The van der Waals surface area contributed by atoms with Gasteiger partial charge in [-0.3, -0.25) is 4.90 Å². The molecule has 100 valence electrons. The molecule has 2 rings (SSSR count). The Balaban J connectivity index is 1.77. The van der Waals surface area contributed by atoms with Crippen LogP contribution in [0.4, 0.5) is 5.69 Å². The zero-order valence-corrected chi connectivity index (χ0v) is 11.0. The summed E-state index contributed by atoms with van der Waals surface area (Å²) in [5.41, 5.74) is 1.19. The summed E-state index contributed by atoms with van der Waals surface area (Å²) in [7, 11) is 0. The summed E-state index contributed by atoms with van der Waals surface area (Å²) < 4.78 is 5.38. The second kappa shape index (κ2) is 6.61. The molecule has 4 nitrogen and oxygen atoms in total. The normalized spacial score (nSPS) is 17.1. The third-order valence-corrected chi connectivity index (χ3v) is 3.34. The van der Waals surface area contributed by atoms with Crippen LogP contribution in [0.5, 0.6) is 5.75 Å². The second-order valence-corrected chi connectivity index (χ2v) is 4.54. The average molecular weight is 250 g/mol. The van der Waals surface area contributed by atoms with Crippen molar-refractivity contribution < 1.29 is 9.84 Å². The molecule has 1 saturated heterocycles. The molecule has 0 aliphatic carbocycles. The van der Waals surface area contributed by atoms with Crippen molar-refractivity contribution in [2.45, 2.75) is 6.92 Å². The summed E-state index contributed by atoms with van der Waals surface area (Å²) in [6.45, 7) is 8.92. The number of hydrogen-bond donors (Lipinski definition) is 1. The van der Waals surface area contributed by atoms with Gasteiger partial charge in [0, 0.05) is 45.0 Å². The molecular formula is C14H22N2O2. The van der Waals surface area contributed by atoms with Gasteiger partial charge in [0.15, 0.2) is 0 Å². The van der Waals surface area contributed by atoms with Crippen molar-refractivity contribution in [1.29, 1.82) is 0 Å². The number of aromatic hydroxyl groups is 1. The van der Waals surface area contributed by atoms with Crippen molar-refractivity contribution >= 4 is 5.69 Å². The maximum atomic E-state index is 9.28. The lowest BCUT2D eigenvalue weighted by molar-refractivity contribution is 0.111. The number of phenols is 1. The van der Waals surface area contributed by atoms with Crippen LogP contribution < -0.4 is 4.90 Å². The summed E-state index contributed by atoms with van der Waals surface area (Å²) >= 11 is 0. The molecule has 1 fully saturated rings. The van der Waals surface area contributed by atoms with Gasteiger partial charge in [-0.05, 0) is 31.2 Å². The van der Waals surface area contributed by atoms with Gasteiger partial charge in [0.2, 0.25) is 0 Å². The predicted octanol–water partition coefficient (Wildman–Crippen LogP) is 1.55. The minimum atomic E-state index is 0.328. The lowest BCUT2D eigenvalue weighted by Crippen LogP contribution is -2.47. The Labute approximate surface area is 109 Å². The molecule has 1 aromatic carbocycles. The van der Waals surface area contributed by atoms with Gasteiger partial charge < -0.3 is 14.7 Å². The van der Waals surface area contributed by atoms with Crippen LogP contribution in [0.25, 0.3) is 0 Å². The fourth-order valence-corrected chi connectivity index (χ4v) is 2.23. The van der Waals surface area contributed by atoms with Gasteiger partial charge in [0.1, 0.15) is 5.75 Å². The van der Waals surface area contributed by atoms with Crippen molar-refractivity contribution in [2.24, 2.45) is 0 Å². The van der Waals surface area contributed by atoms with E-state index in [9.17, 15) is 5.11 Å². The zero-order chi connectivity index (χ0) is 12.8. The van der Waals surface area contributed by atoms with E-state index in [2.05, 4.69) is 9.80 Å². The molecule has 1 heterocycles. The molecule has 1 N–H and O–H groups in total. The van der Waals surface area contributed by atoms with Gasteiger partial charge in [0.05, 0.1) is 6.61 Å². The van der Waals surface area contributed by atoms with Gasteiger partial charge in [0.25, 0.3) is 0 Å². The molecule has 0 amide bonds. The number of benzene rings is 1. The summed E-state index contributed by atoms with van der Waals surface area (Å²) in [5.74, 6) is 0.328. The smallest absolute Gasteiger partial charge is 0.115 e. The van der Waals surface area contributed by atoms with E-state index in [0.717, 1.165) is 45.9 Å². The van der Waals surface area contributed by atoms with E-state index in [1.165, 1.54) is 5.69 Å². The quantitative estimate of drug-likeness (QED) is 0.804. The number of anilines is 1. The standard InChI is InChI=1S/C14H22N2O2/c1-2-18-12-11-15-7-9-16(10-8-15)13-3-5-14(17)6-4-13/h3-6,17H,2,7-12H2,1H3. The molecule has 1 aliphatic rings. The number of rotatable bonds is 5. The fourth-order valence-electron chi connectivity index (χ4n) is 2.23. The van der Waals surface area contributed by atoms with Crippen LogP contribution in [0.15, 0.2) is 24.3 Å². The molecule has 4 heteroatoms. The minimum Gasteiger partial charge on any atom is -0.508 e. The van der Waals surface area contributed by atoms with E-state index in [1.807, 2.05) is 19.1 Å². The van der Waals surface area contributed by atoms with Crippen LogP contribution in [0.1, 0.15) is 6.92 Å². The molecule has 18 heavy (non-hydrogen) atoms. The van der Waals surface area contributed by atoms with E-state index >= 15 is 0 Å². The first kappa shape index (κ1) is 13.2. The van der Waals surface area contributed by atoms with Gasteiger partial charge in [-0.15, -0.1) is 0 Å². The van der Waals surface area contributed by atoms with E-state index in [1.54, 1.807) is 12.1 Å². The molecule has 0 atom stereocenters. The highest BCUT2D eigenvalue weighted by Gasteiger charge is 2.16.